The van der Waals surface area contributed by atoms with Crippen LogP contribution in [0.25, 0.3) is 0 Å². The van der Waals surface area contributed by atoms with Gasteiger partial charge in [-0.1, -0.05) is 67.6 Å². The van der Waals surface area contributed by atoms with Crippen LogP contribution < -0.4 is 0 Å². The van der Waals surface area contributed by atoms with Gasteiger partial charge in [0.25, 0.3) is 0 Å². The molecule has 0 aliphatic heterocycles. The molecule has 0 radical (unpaired) electrons. The Hall–Kier alpha value is -2.22. The summed E-state index contributed by atoms with van der Waals surface area (Å²) in [5, 5.41) is 9.22. The maximum Gasteiger partial charge on any atom is 0.100 e. The van der Waals surface area contributed by atoms with Crippen molar-refractivity contribution in [2.75, 3.05) is 0 Å². The normalized spacial score (nSPS) is 19.9. The third kappa shape index (κ3) is 3.70. The molecule has 2 aromatic rings. The molecule has 1 aliphatic rings. The van der Waals surface area contributed by atoms with Crippen molar-refractivity contribution >= 4 is 11.4 Å². The quantitative estimate of drug-likeness (QED) is 0.555. The number of rotatable bonds is 3. The fraction of sp³-hybridized carbons (Fsp3) is 0.300. The van der Waals surface area contributed by atoms with Crippen LogP contribution in [0.15, 0.2) is 70.9 Å². The van der Waals surface area contributed by atoms with E-state index in [1.165, 1.54) is 18.6 Å². The second kappa shape index (κ2) is 7.17. The molecule has 22 heavy (non-hydrogen) atoms. The molecule has 0 saturated heterocycles. The van der Waals surface area contributed by atoms with Crippen LogP contribution in [0.4, 0.5) is 0 Å². The van der Waals surface area contributed by atoms with Gasteiger partial charge in [-0.2, -0.15) is 5.10 Å². The van der Waals surface area contributed by atoms with Gasteiger partial charge in [0, 0.05) is 16.8 Å². The molecule has 0 amide bonds. The van der Waals surface area contributed by atoms with E-state index in [4.69, 9.17) is 0 Å². The van der Waals surface area contributed by atoms with Crippen molar-refractivity contribution in [3.8, 4) is 0 Å². The Morgan fingerprint density at radius 3 is 2.05 bits per heavy atom. The third-order valence-corrected chi connectivity index (χ3v) is 4.13. The number of hydrogen-bond acceptors (Lipinski definition) is 2. The van der Waals surface area contributed by atoms with Gasteiger partial charge in [-0.05, 0) is 31.6 Å². The van der Waals surface area contributed by atoms with E-state index >= 15 is 0 Å². The Morgan fingerprint density at radius 1 is 0.909 bits per heavy atom. The van der Waals surface area contributed by atoms with Crippen molar-refractivity contribution in [1.82, 2.24) is 0 Å². The summed E-state index contributed by atoms with van der Waals surface area (Å²) in [7, 11) is 0. The average Bonchev–Trinajstić information content (AvgIpc) is 2.57. The van der Waals surface area contributed by atoms with Crippen molar-refractivity contribution in [2.24, 2.45) is 16.1 Å². The van der Waals surface area contributed by atoms with Gasteiger partial charge in [-0.25, -0.2) is 0 Å². The Labute approximate surface area is 132 Å². The highest BCUT2D eigenvalue weighted by Crippen LogP contribution is 2.21. The smallest absolute Gasteiger partial charge is 0.100 e. The predicted molar refractivity (Wildman–Crippen MR) is 93.6 cm³/mol. The van der Waals surface area contributed by atoms with Crippen LogP contribution in [0.3, 0.4) is 0 Å². The van der Waals surface area contributed by atoms with Crippen molar-refractivity contribution < 1.29 is 0 Å². The van der Waals surface area contributed by atoms with E-state index in [0.717, 1.165) is 35.6 Å². The highest BCUT2D eigenvalue weighted by molar-refractivity contribution is 6.13. The summed E-state index contributed by atoms with van der Waals surface area (Å²) in [4.78, 5) is 0. The van der Waals surface area contributed by atoms with E-state index in [1.54, 1.807) is 0 Å². The summed E-state index contributed by atoms with van der Waals surface area (Å²) in [6.07, 6.45) is 4.72. The van der Waals surface area contributed by atoms with Crippen LogP contribution in [-0.2, 0) is 0 Å². The van der Waals surface area contributed by atoms with E-state index in [2.05, 4.69) is 41.4 Å². The molecular formula is C20H22N2. The molecule has 1 saturated carbocycles. The summed E-state index contributed by atoms with van der Waals surface area (Å²) < 4.78 is 0. The van der Waals surface area contributed by atoms with Gasteiger partial charge in [0.1, 0.15) is 5.71 Å². The third-order valence-electron chi connectivity index (χ3n) is 4.13. The topological polar surface area (TPSA) is 24.7 Å². The minimum absolute atomic E-state index is 0.736. The molecule has 0 aromatic heterocycles. The Kier molecular flexibility index (Phi) is 4.79. The molecular weight excluding hydrogens is 268 g/mol. The van der Waals surface area contributed by atoms with Crippen LogP contribution in [0.2, 0.25) is 0 Å². The first-order valence-corrected chi connectivity index (χ1v) is 8.07. The van der Waals surface area contributed by atoms with Gasteiger partial charge in [-0.15, -0.1) is 5.10 Å². The van der Waals surface area contributed by atoms with Gasteiger partial charge >= 0.3 is 0 Å². The number of benzene rings is 2. The van der Waals surface area contributed by atoms with Crippen LogP contribution in [-0.4, -0.2) is 11.4 Å². The van der Waals surface area contributed by atoms with Gasteiger partial charge in [0.05, 0.1) is 0 Å². The van der Waals surface area contributed by atoms with E-state index in [1.807, 2.05) is 36.4 Å². The highest BCUT2D eigenvalue weighted by Gasteiger charge is 2.14. The van der Waals surface area contributed by atoms with Crippen LogP contribution in [0, 0.1) is 5.92 Å². The first-order chi connectivity index (χ1) is 10.8. The lowest BCUT2D eigenvalue weighted by atomic mass is 9.89. The second-order valence-electron chi connectivity index (χ2n) is 6.05. The lowest BCUT2D eigenvalue weighted by Gasteiger charge is -2.18. The molecule has 2 aromatic carbocycles. The molecule has 2 heteroatoms. The molecule has 3 rings (SSSR count). The standard InChI is InChI=1S/C20H22N2/c1-16-9-8-14-19(15-16)21-22-20(17-10-4-2-5-11-17)18-12-6-3-7-13-18/h2-7,10-13,16H,8-9,14-15H2,1H3/b21-19-/t16-/m1/s1. The molecule has 0 N–H and O–H groups in total. The van der Waals surface area contributed by atoms with E-state index in [9.17, 15) is 0 Å². The zero-order valence-corrected chi connectivity index (χ0v) is 13.1. The fourth-order valence-corrected chi connectivity index (χ4v) is 2.95. The molecule has 0 spiro atoms. The molecule has 1 fully saturated rings. The fourth-order valence-electron chi connectivity index (χ4n) is 2.95. The zero-order chi connectivity index (χ0) is 15.2. The van der Waals surface area contributed by atoms with Crippen molar-refractivity contribution in [3.05, 3.63) is 71.8 Å². The summed E-state index contributed by atoms with van der Waals surface area (Å²) in [6, 6.07) is 20.6. The van der Waals surface area contributed by atoms with Crippen molar-refractivity contribution in [1.29, 1.82) is 0 Å². The van der Waals surface area contributed by atoms with E-state index < -0.39 is 0 Å². The monoisotopic (exact) mass is 290 g/mol. The molecule has 0 unspecified atom stereocenters. The number of hydrogen-bond donors (Lipinski definition) is 0. The van der Waals surface area contributed by atoms with Gasteiger partial charge < -0.3 is 0 Å². The average molecular weight is 290 g/mol. The Morgan fingerprint density at radius 2 is 1.50 bits per heavy atom. The molecule has 2 nitrogen and oxygen atoms in total. The van der Waals surface area contributed by atoms with Crippen molar-refractivity contribution in [2.45, 2.75) is 32.6 Å². The first kappa shape index (κ1) is 14.7. The lowest BCUT2D eigenvalue weighted by molar-refractivity contribution is 0.499. The molecule has 1 atom stereocenters. The minimum atomic E-state index is 0.736. The molecule has 0 heterocycles. The SMILES string of the molecule is C[C@@H]1CCC/C(=N/N=C(c2ccccc2)c2ccccc2)C1. The van der Waals surface area contributed by atoms with Crippen LogP contribution in [0.1, 0.15) is 43.7 Å². The number of nitrogens with zero attached hydrogens (tertiary/aromatic N) is 2. The molecule has 112 valence electrons. The summed E-state index contributed by atoms with van der Waals surface area (Å²) in [6.45, 7) is 2.30. The maximum absolute atomic E-state index is 4.63. The highest BCUT2D eigenvalue weighted by atomic mass is 15.2. The zero-order valence-electron chi connectivity index (χ0n) is 13.1. The van der Waals surface area contributed by atoms with Crippen LogP contribution >= 0.6 is 0 Å². The minimum Gasteiger partial charge on any atom is -0.159 e. The maximum atomic E-state index is 4.63. The second-order valence-corrected chi connectivity index (χ2v) is 6.05. The van der Waals surface area contributed by atoms with E-state index in [-0.39, 0.29) is 0 Å². The van der Waals surface area contributed by atoms with Gasteiger partial charge in [0.15, 0.2) is 0 Å². The first-order valence-electron chi connectivity index (χ1n) is 8.07. The Bertz CT molecular complexity index is 615. The summed E-state index contributed by atoms with van der Waals surface area (Å²) in [5.41, 5.74) is 4.42. The predicted octanol–water partition coefficient (Wildman–Crippen LogP) is 5.09. The largest absolute Gasteiger partial charge is 0.159 e. The van der Waals surface area contributed by atoms with Gasteiger partial charge in [0.2, 0.25) is 0 Å². The lowest BCUT2D eigenvalue weighted by Crippen LogP contribution is -2.12. The summed E-state index contributed by atoms with van der Waals surface area (Å²) in [5.74, 6) is 0.736. The van der Waals surface area contributed by atoms with E-state index in [0.29, 0.717) is 0 Å². The Balaban J connectivity index is 1.95. The van der Waals surface area contributed by atoms with Crippen LogP contribution in [0.5, 0.6) is 0 Å². The van der Waals surface area contributed by atoms with Gasteiger partial charge in [-0.3, -0.25) is 0 Å². The molecule has 1 aliphatic carbocycles. The van der Waals surface area contributed by atoms with Crippen molar-refractivity contribution in [3.63, 3.8) is 0 Å². The molecule has 0 bridgehead atoms. The summed E-state index contributed by atoms with van der Waals surface area (Å²) >= 11 is 0.